The highest BCUT2D eigenvalue weighted by atomic mass is 32.1. The Morgan fingerprint density at radius 3 is 2.38 bits per heavy atom. The van der Waals surface area contributed by atoms with E-state index in [2.05, 4.69) is 82.8 Å². The van der Waals surface area contributed by atoms with Crippen molar-refractivity contribution < 1.29 is 14.0 Å². The van der Waals surface area contributed by atoms with Gasteiger partial charge in [-0.3, -0.25) is 9.59 Å². The fourth-order valence-electron chi connectivity index (χ4n) is 6.13. The van der Waals surface area contributed by atoms with E-state index in [1.54, 1.807) is 17.4 Å². The number of carbonyl (C=O) groups excluding carboxylic acids is 2. The summed E-state index contributed by atoms with van der Waals surface area (Å²) < 4.78 is 5.76. The molecule has 6 rings (SSSR count). The van der Waals surface area contributed by atoms with Crippen LogP contribution in [0.5, 0.6) is 0 Å². The lowest BCUT2D eigenvalue weighted by molar-refractivity contribution is -0.123. The molecule has 3 heterocycles. The van der Waals surface area contributed by atoms with Gasteiger partial charge in [0.05, 0.1) is 17.7 Å². The molecule has 2 unspecified atom stereocenters. The monoisotopic (exact) mass is 649 g/mol. The minimum atomic E-state index is -0.714. The van der Waals surface area contributed by atoms with Crippen LogP contribution in [-0.4, -0.2) is 65.8 Å². The summed E-state index contributed by atoms with van der Waals surface area (Å²) in [6, 6.07) is 23.3. The lowest BCUT2D eigenvalue weighted by atomic mass is 9.87. The first kappa shape index (κ1) is 32.6. The molecule has 0 aliphatic carbocycles. The summed E-state index contributed by atoms with van der Waals surface area (Å²) in [7, 11) is 2.16. The molecule has 2 aromatic heterocycles. The average Bonchev–Trinajstić information content (AvgIpc) is 3.75. The van der Waals surface area contributed by atoms with Gasteiger partial charge in [0.25, 0.3) is 5.89 Å². The number of benzene rings is 3. The number of nitrogens with one attached hydrogen (secondary N) is 1. The molecule has 2 atom stereocenters. The van der Waals surface area contributed by atoms with Gasteiger partial charge in [-0.1, -0.05) is 87.9 Å². The van der Waals surface area contributed by atoms with Crippen molar-refractivity contribution >= 4 is 39.3 Å². The van der Waals surface area contributed by atoms with Crippen LogP contribution in [0.25, 0.3) is 33.5 Å². The number of likely N-dealkylation sites (N-methyl/N-ethyl adjacent to an activating group) is 1. The number of fused-ring (bicyclic) bond motifs is 1. The van der Waals surface area contributed by atoms with Crippen LogP contribution < -0.4 is 10.2 Å². The van der Waals surface area contributed by atoms with E-state index in [1.807, 2.05) is 37.3 Å². The number of amides is 1. The number of Topliss-reactive ketones (excluding diaryl/α,β-unsaturated/α-hetero) is 1. The first-order valence-electron chi connectivity index (χ1n) is 16.6. The van der Waals surface area contributed by atoms with Gasteiger partial charge in [0.1, 0.15) is 5.52 Å². The number of oxazole rings is 1. The maximum Gasteiger partial charge on any atom is 0.266 e. The largest absolute Gasteiger partial charge is 0.434 e. The summed E-state index contributed by atoms with van der Waals surface area (Å²) >= 11 is 1.70. The minimum Gasteiger partial charge on any atom is -0.434 e. The molecule has 1 aliphatic rings. The van der Waals surface area contributed by atoms with Gasteiger partial charge in [-0.2, -0.15) is 0 Å². The van der Waals surface area contributed by atoms with Crippen molar-refractivity contribution in [2.24, 2.45) is 5.92 Å². The van der Waals surface area contributed by atoms with E-state index >= 15 is 0 Å². The molecule has 9 heteroatoms. The van der Waals surface area contributed by atoms with Crippen LogP contribution in [0.1, 0.15) is 62.2 Å². The smallest absolute Gasteiger partial charge is 0.266 e. The van der Waals surface area contributed by atoms with Gasteiger partial charge in [0, 0.05) is 37.1 Å². The van der Waals surface area contributed by atoms with Crippen LogP contribution in [0.3, 0.4) is 0 Å². The molecule has 0 bridgehead atoms. The fourth-order valence-corrected chi connectivity index (χ4v) is 7.02. The highest BCUT2D eigenvalue weighted by molar-refractivity contribution is 7.14. The Hall–Kier alpha value is -4.34. The Balaban J connectivity index is 1.19. The van der Waals surface area contributed by atoms with Crippen LogP contribution >= 0.6 is 11.3 Å². The number of ketones is 1. The molecule has 3 aromatic carbocycles. The van der Waals surface area contributed by atoms with Gasteiger partial charge in [0.2, 0.25) is 11.7 Å². The van der Waals surface area contributed by atoms with Crippen molar-refractivity contribution in [2.45, 2.75) is 52.0 Å². The number of hydrogen-bond acceptors (Lipinski definition) is 8. The normalized spacial score (nSPS) is 15.2. The number of thiazole rings is 1. The fraction of sp³-hybridized carbons (Fsp3) is 0.368. The van der Waals surface area contributed by atoms with Gasteiger partial charge in [0.15, 0.2) is 10.7 Å². The molecular formula is C38H43N5O3S. The number of carbonyl (C=O) groups is 2. The molecule has 1 aliphatic heterocycles. The van der Waals surface area contributed by atoms with Crippen LogP contribution in [0.4, 0.5) is 5.13 Å². The zero-order chi connectivity index (χ0) is 32.9. The van der Waals surface area contributed by atoms with E-state index in [1.165, 1.54) is 0 Å². The summed E-state index contributed by atoms with van der Waals surface area (Å²) in [4.78, 5) is 41.5. The highest BCUT2D eigenvalue weighted by Crippen LogP contribution is 2.32. The molecule has 47 heavy (non-hydrogen) atoms. The molecule has 1 saturated heterocycles. The van der Waals surface area contributed by atoms with Crippen molar-refractivity contribution in [3.8, 4) is 22.4 Å². The Morgan fingerprint density at radius 2 is 1.66 bits per heavy atom. The molecule has 1 amide bonds. The molecule has 5 aromatic rings. The van der Waals surface area contributed by atoms with Gasteiger partial charge in [-0.05, 0) is 54.6 Å². The van der Waals surface area contributed by atoms with Crippen LogP contribution in [0.15, 0.2) is 82.6 Å². The van der Waals surface area contributed by atoms with Crippen molar-refractivity contribution in [1.29, 1.82) is 0 Å². The van der Waals surface area contributed by atoms with Gasteiger partial charge in [-0.25, -0.2) is 9.97 Å². The van der Waals surface area contributed by atoms with Crippen molar-refractivity contribution in [3.05, 3.63) is 89.6 Å². The summed E-state index contributed by atoms with van der Waals surface area (Å²) in [5.41, 5.74) is 6.31. The number of nitrogens with zero attached hydrogens (tertiary/aromatic N) is 4. The van der Waals surface area contributed by atoms with Crippen molar-refractivity contribution in [1.82, 2.24) is 20.2 Å². The number of piperazine rings is 1. The Bertz CT molecular complexity index is 1790. The van der Waals surface area contributed by atoms with Crippen molar-refractivity contribution in [2.75, 3.05) is 38.1 Å². The average molecular weight is 650 g/mol. The molecule has 0 saturated carbocycles. The first-order chi connectivity index (χ1) is 22.8. The number of anilines is 1. The van der Waals surface area contributed by atoms with E-state index in [-0.39, 0.29) is 23.5 Å². The Labute approximate surface area is 280 Å². The predicted octanol–water partition coefficient (Wildman–Crippen LogP) is 7.67. The maximum atomic E-state index is 13.9. The second-order valence-electron chi connectivity index (χ2n) is 12.9. The van der Waals surface area contributed by atoms with Crippen LogP contribution in [-0.2, 0) is 4.79 Å². The van der Waals surface area contributed by atoms with E-state index in [9.17, 15) is 9.59 Å². The second kappa shape index (κ2) is 14.6. The summed E-state index contributed by atoms with van der Waals surface area (Å²) in [5, 5.41) is 6.29. The number of rotatable bonds is 12. The van der Waals surface area contributed by atoms with Gasteiger partial charge < -0.3 is 19.5 Å². The molecule has 8 nitrogen and oxygen atoms in total. The third-order valence-corrected chi connectivity index (χ3v) is 9.71. The lowest BCUT2D eigenvalue weighted by Gasteiger charge is -2.32. The van der Waals surface area contributed by atoms with E-state index in [0.717, 1.165) is 65.7 Å². The predicted molar refractivity (Wildman–Crippen MR) is 190 cm³/mol. The van der Waals surface area contributed by atoms with E-state index in [0.29, 0.717) is 23.9 Å². The zero-order valence-corrected chi connectivity index (χ0v) is 28.4. The quantitative estimate of drug-likeness (QED) is 0.139. The van der Waals surface area contributed by atoms with Crippen LogP contribution in [0.2, 0.25) is 0 Å². The van der Waals surface area contributed by atoms with E-state index in [4.69, 9.17) is 9.40 Å². The molecular weight excluding hydrogens is 607 g/mol. The summed E-state index contributed by atoms with van der Waals surface area (Å²) in [6.07, 6.45) is 1.89. The number of aromatic nitrogens is 2. The SMILES string of the molecule is CCCC(NC(=O)C(CC(C)C)c1cccc(-c2ccc(-c3csc(N4CCN(C)CC4)n3)cc2)c1)C(=O)c1nc2ccccc2o1. The molecule has 0 spiro atoms. The molecule has 1 fully saturated rings. The third kappa shape index (κ3) is 7.63. The second-order valence-corrected chi connectivity index (χ2v) is 13.7. The maximum absolute atomic E-state index is 13.9. The number of hydrogen-bond donors (Lipinski definition) is 1. The van der Waals surface area contributed by atoms with Gasteiger partial charge in [-0.15, -0.1) is 11.3 Å². The topological polar surface area (TPSA) is 91.6 Å². The van der Waals surface area contributed by atoms with Gasteiger partial charge >= 0.3 is 0 Å². The first-order valence-corrected chi connectivity index (χ1v) is 17.5. The Kier molecular flexibility index (Phi) is 10.1. The summed E-state index contributed by atoms with van der Waals surface area (Å²) in [5.74, 6) is -0.560. The zero-order valence-electron chi connectivity index (χ0n) is 27.6. The molecule has 0 radical (unpaired) electrons. The van der Waals surface area contributed by atoms with Crippen LogP contribution in [0, 0.1) is 5.92 Å². The minimum absolute atomic E-state index is 0.0315. The van der Waals surface area contributed by atoms with E-state index < -0.39 is 12.0 Å². The molecule has 244 valence electrons. The third-order valence-electron chi connectivity index (χ3n) is 8.81. The Morgan fingerprint density at radius 1 is 0.915 bits per heavy atom. The van der Waals surface area contributed by atoms with Crippen molar-refractivity contribution in [3.63, 3.8) is 0 Å². The summed E-state index contributed by atoms with van der Waals surface area (Å²) in [6.45, 7) is 10.3. The number of para-hydroxylation sites is 2. The standard InChI is InChI=1S/C38H43N5O3S/c1-5-9-32(35(44)37-40-31-12-6-7-13-34(31)46-37)39-36(45)30(22-25(2)3)29-11-8-10-28(23-29)26-14-16-27(17-15-26)33-24-47-38(41-33)43-20-18-42(4)19-21-43/h6-8,10-17,23-25,30,32H,5,9,18-22H2,1-4H3,(H,39,45). The highest BCUT2D eigenvalue weighted by Gasteiger charge is 2.30. The molecule has 1 N–H and O–H groups in total. The lowest BCUT2D eigenvalue weighted by Crippen LogP contribution is -2.44.